The summed E-state index contributed by atoms with van der Waals surface area (Å²) in [6.07, 6.45) is 3.90. The number of rotatable bonds is 2. The molecule has 0 atom stereocenters. The van der Waals surface area contributed by atoms with Gasteiger partial charge in [-0.2, -0.15) is 0 Å². The number of nitrogens with one attached hydrogen (secondary N) is 1. The van der Waals surface area contributed by atoms with E-state index in [-0.39, 0.29) is 0 Å². The van der Waals surface area contributed by atoms with Crippen LogP contribution in [0.1, 0.15) is 15.3 Å². The Hall–Kier alpha value is -1.13. The molecule has 0 bridgehead atoms. The lowest BCUT2D eigenvalue weighted by atomic mass is 10.1. The third-order valence-corrected chi connectivity index (χ3v) is 3.35. The van der Waals surface area contributed by atoms with Gasteiger partial charge in [0.15, 0.2) is 0 Å². The van der Waals surface area contributed by atoms with Gasteiger partial charge in [-0.05, 0) is 24.1 Å². The predicted molar refractivity (Wildman–Crippen MR) is 56.4 cm³/mol. The molecule has 14 heavy (non-hydrogen) atoms. The number of carboxylic acids is 1. The van der Waals surface area contributed by atoms with Crippen LogP contribution in [0.5, 0.6) is 0 Å². The minimum absolute atomic E-state index is 0.894. The molecule has 2 heterocycles. The van der Waals surface area contributed by atoms with Gasteiger partial charge in [-0.3, -0.25) is 0 Å². The minimum atomic E-state index is -0.894. The van der Waals surface area contributed by atoms with Gasteiger partial charge in [0.1, 0.15) is 0 Å². The molecule has 2 rings (SSSR count). The first-order valence-electron chi connectivity index (χ1n) is 4.49. The van der Waals surface area contributed by atoms with Crippen LogP contribution >= 0.6 is 11.3 Å². The molecule has 0 saturated heterocycles. The average Bonchev–Trinajstić information content (AvgIpc) is 2.57. The lowest BCUT2D eigenvalue weighted by molar-refractivity contribution is -0.131. The van der Waals surface area contributed by atoms with Crippen molar-refractivity contribution in [3.63, 3.8) is 0 Å². The van der Waals surface area contributed by atoms with Crippen LogP contribution in [-0.2, 0) is 17.8 Å². The van der Waals surface area contributed by atoms with Gasteiger partial charge < -0.3 is 10.4 Å². The van der Waals surface area contributed by atoms with Crippen molar-refractivity contribution in [3.8, 4) is 0 Å². The summed E-state index contributed by atoms with van der Waals surface area (Å²) >= 11 is 1.69. The molecule has 1 aliphatic heterocycles. The number of fused-ring (bicyclic) bond motifs is 1. The van der Waals surface area contributed by atoms with E-state index in [0.717, 1.165) is 24.4 Å². The molecule has 2 N–H and O–H groups in total. The smallest absolute Gasteiger partial charge is 0.328 e. The molecule has 0 radical (unpaired) electrons. The molecule has 0 saturated carbocycles. The Morgan fingerprint density at radius 2 is 2.50 bits per heavy atom. The van der Waals surface area contributed by atoms with Crippen LogP contribution in [0.3, 0.4) is 0 Å². The Kier molecular flexibility index (Phi) is 2.65. The maximum atomic E-state index is 10.3. The number of hydrogen-bond donors (Lipinski definition) is 2. The summed E-state index contributed by atoms with van der Waals surface area (Å²) in [6, 6.07) is 2.06. The molecule has 0 unspecified atom stereocenters. The number of thiophene rings is 1. The van der Waals surface area contributed by atoms with E-state index >= 15 is 0 Å². The van der Waals surface area contributed by atoms with E-state index in [1.165, 1.54) is 16.5 Å². The summed E-state index contributed by atoms with van der Waals surface area (Å²) in [4.78, 5) is 12.7. The number of carboxylic acid groups (broad SMARTS) is 1. The van der Waals surface area contributed by atoms with Gasteiger partial charge in [0.25, 0.3) is 0 Å². The summed E-state index contributed by atoms with van der Waals surface area (Å²) in [5, 5.41) is 11.8. The van der Waals surface area contributed by atoms with Gasteiger partial charge in [-0.15, -0.1) is 11.3 Å². The van der Waals surface area contributed by atoms with E-state index < -0.39 is 5.97 Å². The molecule has 0 spiro atoms. The van der Waals surface area contributed by atoms with E-state index in [1.54, 1.807) is 17.4 Å². The normalized spacial score (nSPS) is 15.7. The van der Waals surface area contributed by atoms with Crippen molar-refractivity contribution in [2.24, 2.45) is 0 Å². The molecule has 74 valence electrons. The zero-order chi connectivity index (χ0) is 9.97. The molecule has 0 aromatic carbocycles. The first kappa shape index (κ1) is 9.43. The van der Waals surface area contributed by atoms with Crippen molar-refractivity contribution in [2.75, 3.05) is 6.54 Å². The second kappa shape index (κ2) is 3.94. The van der Waals surface area contributed by atoms with Crippen molar-refractivity contribution in [1.82, 2.24) is 5.32 Å². The van der Waals surface area contributed by atoms with Crippen molar-refractivity contribution < 1.29 is 9.90 Å². The second-order valence-corrected chi connectivity index (χ2v) is 4.36. The average molecular weight is 209 g/mol. The van der Waals surface area contributed by atoms with E-state index in [0.29, 0.717) is 0 Å². The summed E-state index contributed by atoms with van der Waals surface area (Å²) < 4.78 is 0. The molecular weight excluding hydrogens is 198 g/mol. The fourth-order valence-electron chi connectivity index (χ4n) is 1.51. The first-order valence-corrected chi connectivity index (χ1v) is 5.30. The highest BCUT2D eigenvalue weighted by Gasteiger charge is 2.11. The molecular formula is C10H11NO2S. The van der Waals surface area contributed by atoms with E-state index in [4.69, 9.17) is 5.11 Å². The van der Waals surface area contributed by atoms with Crippen molar-refractivity contribution in [2.45, 2.75) is 13.0 Å². The van der Waals surface area contributed by atoms with Gasteiger partial charge in [-0.25, -0.2) is 4.79 Å². The van der Waals surface area contributed by atoms with Crippen LogP contribution in [0.4, 0.5) is 0 Å². The van der Waals surface area contributed by atoms with E-state index in [2.05, 4.69) is 11.4 Å². The van der Waals surface area contributed by atoms with Crippen LogP contribution < -0.4 is 5.32 Å². The zero-order valence-corrected chi connectivity index (χ0v) is 8.43. The molecule has 4 heteroatoms. The molecule has 0 aliphatic carbocycles. The van der Waals surface area contributed by atoms with Gasteiger partial charge >= 0.3 is 5.97 Å². The molecule has 1 aliphatic rings. The van der Waals surface area contributed by atoms with Gasteiger partial charge in [0.05, 0.1) is 0 Å². The van der Waals surface area contributed by atoms with Crippen LogP contribution in [0.15, 0.2) is 12.1 Å². The van der Waals surface area contributed by atoms with Crippen molar-refractivity contribution in [3.05, 3.63) is 27.5 Å². The van der Waals surface area contributed by atoms with Gasteiger partial charge in [0.2, 0.25) is 0 Å². The van der Waals surface area contributed by atoms with Gasteiger partial charge in [0, 0.05) is 28.9 Å². The largest absolute Gasteiger partial charge is 0.478 e. The Labute approximate surface area is 86.1 Å². The third kappa shape index (κ3) is 2.02. The Morgan fingerprint density at radius 3 is 3.21 bits per heavy atom. The second-order valence-electron chi connectivity index (χ2n) is 3.20. The fourth-order valence-corrected chi connectivity index (χ4v) is 2.60. The SMILES string of the molecule is O=C(O)C=Cc1cc2c(s1)CCNC2. The van der Waals surface area contributed by atoms with Crippen LogP contribution in [0.2, 0.25) is 0 Å². The summed E-state index contributed by atoms with van der Waals surface area (Å²) in [5.74, 6) is -0.894. The molecule has 0 fully saturated rings. The highest BCUT2D eigenvalue weighted by Crippen LogP contribution is 2.25. The van der Waals surface area contributed by atoms with E-state index in [9.17, 15) is 4.79 Å². The van der Waals surface area contributed by atoms with Crippen molar-refractivity contribution in [1.29, 1.82) is 0 Å². The fraction of sp³-hybridized carbons (Fsp3) is 0.300. The Balaban J connectivity index is 2.20. The summed E-state index contributed by atoms with van der Waals surface area (Å²) in [7, 11) is 0. The van der Waals surface area contributed by atoms with Crippen LogP contribution in [0.25, 0.3) is 6.08 Å². The third-order valence-electron chi connectivity index (χ3n) is 2.15. The topological polar surface area (TPSA) is 49.3 Å². The van der Waals surface area contributed by atoms with Crippen molar-refractivity contribution >= 4 is 23.4 Å². The summed E-state index contributed by atoms with van der Waals surface area (Å²) in [6.45, 7) is 1.93. The molecule has 1 aromatic rings. The maximum Gasteiger partial charge on any atom is 0.328 e. The number of hydrogen-bond acceptors (Lipinski definition) is 3. The van der Waals surface area contributed by atoms with Crippen LogP contribution in [0, 0.1) is 0 Å². The summed E-state index contributed by atoms with van der Waals surface area (Å²) in [5.41, 5.74) is 1.31. The quantitative estimate of drug-likeness (QED) is 0.725. The first-order chi connectivity index (χ1) is 6.75. The van der Waals surface area contributed by atoms with Gasteiger partial charge in [-0.1, -0.05) is 0 Å². The number of carbonyl (C=O) groups is 1. The highest BCUT2D eigenvalue weighted by atomic mass is 32.1. The van der Waals surface area contributed by atoms with E-state index in [1.807, 2.05) is 0 Å². The predicted octanol–water partition coefficient (Wildman–Crippen LogP) is 1.49. The number of aliphatic carboxylic acids is 1. The lowest BCUT2D eigenvalue weighted by Gasteiger charge is -2.10. The molecule has 0 amide bonds. The Morgan fingerprint density at radius 1 is 1.64 bits per heavy atom. The minimum Gasteiger partial charge on any atom is -0.478 e. The molecule has 3 nitrogen and oxygen atoms in total. The monoisotopic (exact) mass is 209 g/mol. The molecule has 1 aromatic heterocycles. The Bertz CT molecular complexity index is 358. The highest BCUT2D eigenvalue weighted by molar-refractivity contribution is 7.13. The lowest BCUT2D eigenvalue weighted by Crippen LogP contribution is -2.21. The standard InChI is InChI=1S/C10H11NO2S/c12-10(13)2-1-8-5-7-6-11-4-3-9(7)14-8/h1-2,5,11H,3-4,6H2,(H,12,13). The van der Waals surface area contributed by atoms with Crippen LogP contribution in [-0.4, -0.2) is 17.6 Å². The zero-order valence-electron chi connectivity index (χ0n) is 7.62. The maximum absolute atomic E-state index is 10.3.